The lowest BCUT2D eigenvalue weighted by Crippen LogP contribution is -2.53. The van der Waals surface area contributed by atoms with E-state index in [0.717, 1.165) is 10.5 Å². The van der Waals surface area contributed by atoms with Crippen LogP contribution in [0.5, 0.6) is 0 Å². The van der Waals surface area contributed by atoms with E-state index in [2.05, 4.69) is 0 Å². The number of hydrogen-bond acceptors (Lipinski definition) is 4. The third-order valence-corrected chi connectivity index (χ3v) is 4.67. The van der Waals surface area contributed by atoms with Gasteiger partial charge in [0.2, 0.25) is 5.91 Å². The van der Waals surface area contributed by atoms with Gasteiger partial charge in [-0.05, 0) is 17.5 Å². The van der Waals surface area contributed by atoms with E-state index in [-0.39, 0.29) is 31.0 Å². The smallest absolute Gasteiger partial charge is 0.417 e. The Hall–Kier alpha value is -2.58. The zero-order valence-electron chi connectivity index (χ0n) is 15.2. The van der Waals surface area contributed by atoms with Gasteiger partial charge in [-0.25, -0.2) is 9.69 Å². The fraction of sp³-hybridized carbons (Fsp3) is 0.300. The number of rotatable bonds is 5. The number of cyclic esters (lactones) is 1. The van der Waals surface area contributed by atoms with Gasteiger partial charge in [0.05, 0.1) is 6.04 Å². The number of hydrogen-bond donors (Lipinski definition) is 1. The maximum atomic E-state index is 13.7. The highest BCUT2D eigenvalue weighted by molar-refractivity contribution is 5.97. The molecule has 0 saturated carbocycles. The van der Waals surface area contributed by atoms with Crippen LogP contribution in [0.1, 0.15) is 17.0 Å². The van der Waals surface area contributed by atoms with E-state index in [1.807, 2.05) is 6.07 Å². The van der Waals surface area contributed by atoms with Gasteiger partial charge >= 0.3 is 12.3 Å². The van der Waals surface area contributed by atoms with Gasteiger partial charge in [0.1, 0.15) is 18.6 Å². The van der Waals surface area contributed by atoms with E-state index >= 15 is 0 Å². The van der Waals surface area contributed by atoms with Crippen molar-refractivity contribution in [3.05, 3.63) is 71.8 Å². The minimum atomic E-state index is -4.75. The largest absolute Gasteiger partial charge is 0.447 e. The normalized spacial score (nSPS) is 18.6. The van der Waals surface area contributed by atoms with Gasteiger partial charge < -0.3 is 10.5 Å². The molecular weight excluding hydrogens is 409 g/mol. The van der Waals surface area contributed by atoms with Gasteiger partial charge in [-0.2, -0.15) is 13.2 Å². The molecule has 29 heavy (non-hydrogen) atoms. The molecule has 1 aliphatic heterocycles. The van der Waals surface area contributed by atoms with Crippen LogP contribution < -0.4 is 5.73 Å². The summed E-state index contributed by atoms with van der Waals surface area (Å²) in [6.07, 6.45) is -5.46. The number of carbonyl (C=O) groups excluding carboxylic acids is 2. The van der Waals surface area contributed by atoms with Crippen LogP contribution in [-0.2, 0) is 16.0 Å². The molecule has 0 aromatic heterocycles. The summed E-state index contributed by atoms with van der Waals surface area (Å²) in [5.41, 5.74) is 6.45. The number of nitrogens with two attached hydrogens (primary N) is 1. The van der Waals surface area contributed by atoms with Crippen LogP contribution in [0.3, 0.4) is 0 Å². The first-order valence-corrected chi connectivity index (χ1v) is 8.70. The highest BCUT2D eigenvalue weighted by Gasteiger charge is 2.50. The van der Waals surface area contributed by atoms with Crippen molar-refractivity contribution in [2.24, 2.45) is 5.73 Å². The monoisotopic (exact) mass is 428 g/mol. The summed E-state index contributed by atoms with van der Waals surface area (Å²) in [5, 5.41) is 0. The zero-order valence-corrected chi connectivity index (χ0v) is 16.0. The van der Waals surface area contributed by atoms with Crippen molar-refractivity contribution in [3.63, 3.8) is 0 Å². The highest BCUT2D eigenvalue weighted by Crippen LogP contribution is 2.37. The van der Waals surface area contributed by atoms with Crippen LogP contribution in [0.25, 0.3) is 0 Å². The van der Waals surface area contributed by atoms with Gasteiger partial charge in [0.15, 0.2) is 0 Å². The minimum Gasteiger partial charge on any atom is -0.447 e. The molecule has 2 amide bonds. The van der Waals surface area contributed by atoms with Gasteiger partial charge in [-0.15, -0.1) is 12.4 Å². The third kappa shape index (κ3) is 5.07. The standard InChI is InChI=1S/C20H19F3N2O3.ClH/c21-20(22,23)16(14-9-5-2-6-10-14)17(24)18(26)25-15(12-28-19(25)27)11-13-7-3-1-4-8-13;/h1-10,15-17H,11-12,24H2;1H/t15?,16-,17+;/m1./s1. The molecule has 3 rings (SSSR count). The molecule has 9 heteroatoms. The molecule has 5 nitrogen and oxygen atoms in total. The third-order valence-electron chi connectivity index (χ3n) is 4.67. The molecule has 0 radical (unpaired) electrons. The summed E-state index contributed by atoms with van der Waals surface area (Å²) in [4.78, 5) is 25.6. The number of alkyl halides is 3. The second-order valence-corrected chi connectivity index (χ2v) is 6.58. The van der Waals surface area contributed by atoms with Crippen molar-refractivity contribution >= 4 is 24.4 Å². The Morgan fingerprint density at radius 3 is 2.21 bits per heavy atom. The van der Waals surface area contributed by atoms with E-state index in [0.29, 0.717) is 0 Å². The van der Waals surface area contributed by atoms with Crippen LogP contribution in [-0.4, -0.2) is 41.8 Å². The van der Waals surface area contributed by atoms with E-state index in [1.165, 1.54) is 24.3 Å². The number of benzene rings is 2. The molecule has 1 unspecified atom stereocenters. The van der Waals surface area contributed by atoms with E-state index in [9.17, 15) is 22.8 Å². The van der Waals surface area contributed by atoms with Crippen LogP contribution in [0.2, 0.25) is 0 Å². The molecule has 0 spiro atoms. The van der Waals surface area contributed by atoms with E-state index in [4.69, 9.17) is 10.5 Å². The Bertz CT molecular complexity index is 834. The number of imide groups is 1. The van der Waals surface area contributed by atoms with Crippen molar-refractivity contribution in [1.29, 1.82) is 0 Å². The predicted molar refractivity (Wildman–Crippen MR) is 103 cm³/mol. The van der Waals surface area contributed by atoms with Crippen LogP contribution >= 0.6 is 12.4 Å². The summed E-state index contributed by atoms with van der Waals surface area (Å²) in [5.74, 6) is -3.33. The van der Waals surface area contributed by atoms with Crippen LogP contribution in [0.15, 0.2) is 60.7 Å². The number of ether oxygens (including phenoxy) is 1. The number of nitrogens with zero attached hydrogens (tertiary/aromatic N) is 1. The molecule has 1 saturated heterocycles. The molecule has 0 aliphatic carbocycles. The SMILES string of the molecule is Cl.N[C@H](C(=O)N1C(=O)OCC1Cc1ccccc1)[C@@H](c1ccccc1)C(F)(F)F. The number of carbonyl (C=O) groups is 2. The second kappa shape index (κ2) is 9.28. The van der Waals surface area contributed by atoms with E-state index in [1.54, 1.807) is 30.3 Å². The van der Waals surface area contributed by atoms with Gasteiger partial charge in [-0.1, -0.05) is 60.7 Å². The predicted octanol–water partition coefficient (Wildman–Crippen LogP) is 3.67. The average molecular weight is 429 g/mol. The van der Waals surface area contributed by atoms with Crippen molar-refractivity contribution in [3.8, 4) is 0 Å². The Labute approximate surface area is 172 Å². The summed E-state index contributed by atoms with van der Waals surface area (Å²) in [6, 6.07) is 13.3. The molecule has 2 aromatic carbocycles. The van der Waals surface area contributed by atoms with Gasteiger partial charge in [0.25, 0.3) is 0 Å². The number of amides is 2. The van der Waals surface area contributed by atoms with Crippen molar-refractivity contribution in [1.82, 2.24) is 4.90 Å². The first-order valence-electron chi connectivity index (χ1n) is 8.70. The Morgan fingerprint density at radius 1 is 1.10 bits per heavy atom. The molecule has 156 valence electrons. The maximum absolute atomic E-state index is 13.7. The Balaban J connectivity index is 0.00000300. The quantitative estimate of drug-likeness (QED) is 0.788. The van der Waals surface area contributed by atoms with Crippen molar-refractivity contribution in [2.75, 3.05) is 6.61 Å². The lowest BCUT2D eigenvalue weighted by molar-refractivity contribution is -0.163. The highest BCUT2D eigenvalue weighted by atomic mass is 35.5. The maximum Gasteiger partial charge on any atom is 0.417 e. The molecule has 0 bridgehead atoms. The molecular formula is C20H20ClF3N2O3. The molecule has 1 aliphatic rings. The molecule has 1 heterocycles. The Kier molecular flexibility index (Phi) is 7.26. The summed E-state index contributed by atoms with van der Waals surface area (Å²) in [7, 11) is 0. The summed E-state index contributed by atoms with van der Waals surface area (Å²) in [6.45, 7) is -0.0891. The lowest BCUT2D eigenvalue weighted by atomic mass is 9.90. The molecule has 2 aromatic rings. The fourth-order valence-electron chi connectivity index (χ4n) is 3.33. The zero-order chi connectivity index (χ0) is 20.3. The second-order valence-electron chi connectivity index (χ2n) is 6.58. The van der Waals surface area contributed by atoms with Gasteiger partial charge in [0, 0.05) is 0 Å². The fourth-order valence-corrected chi connectivity index (χ4v) is 3.33. The molecule has 1 fully saturated rings. The average Bonchev–Trinajstić information content (AvgIpc) is 3.02. The lowest BCUT2D eigenvalue weighted by Gasteiger charge is -2.29. The van der Waals surface area contributed by atoms with Gasteiger partial charge in [-0.3, -0.25) is 4.79 Å². The van der Waals surface area contributed by atoms with Crippen LogP contribution in [0, 0.1) is 0 Å². The van der Waals surface area contributed by atoms with Crippen molar-refractivity contribution in [2.45, 2.75) is 30.6 Å². The first kappa shape index (κ1) is 22.7. The first-order chi connectivity index (χ1) is 13.3. The number of halogens is 4. The van der Waals surface area contributed by atoms with Crippen LogP contribution in [0.4, 0.5) is 18.0 Å². The topological polar surface area (TPSA) is 72.6 Å². The molecule has 2 N–H and O–H groups in total. The van der Waals surface area contributed by atoms with Crippen molar-refractivity contribution < 1.29 is 27.5 Å². The summed E-state index contributed by atoms with van der Waals surface area (Å²) >= 11 is 0. The van der Waals surface area contributed by atoms with E-state index < -0.39 is 36.2 Å². The summed E-state index contributed by atoms with van der Waals surface area (Å²) < 4.78 is 46.0. The minimum absolute atomic E-state index is 0. The molecule has 3 atom stereocenters. The Morgan fingerprint density at radius 2 is 1.66 bits per heavy atom.